The molecule has 4 fully saturated rings. The molecule has 19 heavy (non-hydrogen) atoms. The highest BCUT2D eigenvalue weighted by Gasteiger charge is 2.68. The molecule has 0 aromatic carbocycles. The predicted molar refractivity (Wildman–Crippen MR) is 72.9 cm³/mol. The van der Waals surface area contributed by atoms with Gasteiger partial charge in [-0.15, -0.1) is 0 Å². The van der Waals surface area contributed by atoms with Gasteiger partial charge in [-0.25, -0.2) is 4.79 Å². The molecule has 4 rings (SSSR count). The molecule has 0 aromatic rings. The number of piperazine rings is 1. The molecule has 2 bridgehead atoms. The monoisotopic (exact) mass is 267 g/mol. The van der Waals surface area contributed by atoms with Crippen LogP contribution >= 0.6 is 0 Å². The van der Waals surface area contributed by atoms with E-state index in [4.69, 9.17) is 10.5 Å². The van der Waals surface area contributed by atoms with Crippen LogP contribution in [0.5, 0.6) is 0 Å². The molecule has 0 unspecified atom stereocenters. The molecule has 1 aliphatic heterocycles. The van der Waals surface area contributed by atoms with E-state index in [1.165, 1.54) is 0 Å². The molecule has 2 N–H and O–H groups in total. The van der Waals surface area contributed by atoms with E-state index in [1.54, 1.807) is 0 Å². The van der Waals surface area contributed by atoms with Crippen LogP contribution in [0.3, 0.4) is 0 Å². The van der Waals surface area contributed by atoms with Crippen LogP contribution in [-0.4, -0.2) is 58.8 Å². The van der Waals surface area contributed by atoms with Crippen LogP contribution < -0.4 is 5.73 Å². The van der Waals surface area contributed by atoms with Gasteiger partial charge in [-0.2, -0.15) is 0 Å². The number of hydrogen-bond donors (Lipinski definition) is 1. The largest absolute Gasteiger partial charge is 0.444 e. The zero-order valence-electron chi connectivity index (χ0n) is 12.2. The SMILES string of the molecule is CC(C)(C)OC(=O)N1CCN(C23CC(N)(C2)C3)CC1. The molecule has 1 saturated heterocycles. The molecular formula is C14H25N3O2. The smallest absolute Gasteiger partial charge is 0.410 e. The lowest BCUT2D eigenvalue weighted by molar-refractivity contribution is -0.170. The normalized spacial score (nSPS) is 38.4. The van der Waals surface area contributed by atoms with E-state index in [0.29, 0.717) is 5.54 Å². The molecule has 3 aliphatic carbocycles. The number of carbonyl (C=O) groups excluding carboxylic acids is 1. The van der Waals surface area contributed by atoms with Gasteiger partial charge in [0.2, 0.25) is 0 Å². The number of ether oxygens (including phenoxy) is 1. The first-order valence-corrected chi connectivity index (χ1v) is 7.23. The molecule has 5 heteroatoms. The first kappa shape index (κ1) is 13.2. The van der Waals surface area contributed by atoms with Crippen LogP contribution in [0.2, 0.25) is 0 Å². The van der Waals surface area contributed by atoms with Crippen molar-refractivity contribution in [3.63, 3.8) is 0 Å². The third kappa shape index (κ3) is 2.23. The van der Waals surface area contributed by atoms with Gasteiger partial charge < -0.3 is 15.4 Å². The molecule has 1 amide bonds. The lowest BCUT2D eigenvalue weighted by atomic mass is 9.44. The van der Waals surface area contributed by atoms with Crippen molar-refractivity contribution in [3.05, 3.63) is 0 Å². The molecule has 0 aromatic heterocycles. The number of carbonyl (C=O) groups is 1. The second-order valence-electron chi connectivity index (χ2n) is 7.57. The average Bonchev–Trinajstić information content (AvgIpc) is 2.21. The molecule has 0 atom stereocenters. The zero-order valence-corrected chi connectivity index (χ0v) is 12.2. The fourth-order valence-corrected chi connectivity index (χ4v) is 3.84. The summed E-state index contributed by atoms with van der Waals surface area (Å²) in [7, 11) is 0. The van der Waals surface area contributed by atoms with Crippen molar-refractivity contribution in [1.82, 2.24) is 9.80 Å². The summed E-state index contributed by atoms with van der Waals surface area (Å²) in [6, 6.07) is 0. The predicted octanol–water partition coefficient (Wildman–Crippen LogP) is 1.17. The Bertz CT molecular complexity index is 374. The Hall–Kier alpha value is -0.810. The minimum absolute atomic E-state index is 0.155. The maximum absolute atomic E-state index is 12.0. The number of hydrogen-bond acceptors (Lipinski definition) is 4. The molecule has 4 aliphatic rings. The van der Waals surface area contributed by atoms with Crippen molar-refractivity contribution >= 4 is 6.09 Å². The maximum Gasteiger partial charge on any atom is 0.410 e. The summed E-state index contributed by atoms with van der Waals surface area (Å²) in [6.45, 7) is 9.17. The van der Waals surface area contributed by atoms with Crippen LogP contribution in [0.15, 0.2) is 0 Å². The Morgan fingerprint density at radius 3 is 2.05 bits per heavy atom. The molecule has 0 spiro atoms. The van der Waals surface area contributed by atoms with Crippen molar-refractivity contribution in [1.29, 1.82) is 0 Å². The molecule has 5 nitrogen and oxygen atoms in total. The van der Waals surface area contributed by atoms with Gasteiger partial charge in [0.15, 0.2) is 0 Å². The van der Waals surface area contributed by atoms with Gasteiger partial charge in [0.05, 0.1) is 0 Å². The Kier molecular flexibility index (Phi) is 2.68. The van der Waals surface area contributed by atoms with Crippen LogP contribution in [0, 0.1) is 0 Å². The molecular weight excluding hydrogens is 242 g/mol. The van der Waals surface area contributed by atoms with E-state index in [0.717, 1.165) is 45.4 Å². The number of nitrogens with two attached hydrogens (primary N) is 1. The van der Waals surface area contributed by atoms with Gasteiger partial charge in [-0.3, -0.25) is 4.90 Å². The van der Waals surface area contributed by atoms with E-state index >= 15 is 0 Å². The highest BCUT2D eigenvalue weighted by atomic mass is 16.6. The topological polar surface area (TPSA) is 58.8 Å². The Labute approximate surface area is 115 Å². The van der Waals surface area contributed by atoms with Crippen molar-refractivity contribution in [2.75, 3.05) is 26.2 Å². The van der Waals surface area contributed by atoms with E-state index < -0.39 is 5.60 Å². The minimum Gasteiger partial charge on any atom is -0.444 e. The van der Waals surface area contributed by atoms with Gasteiger partial charge in [-0.05, 0) is 40.0 Å². The number of nitrogens with zero attached hydrogens (tertiary/aromatic N) is 2. The van der Waals surface area contributed by atoms with Crippen LogP contribution in [0.1, 0.15) is 40.0 Å². The average molecular weight is 267 g/mol. The third-order valence-corrected chi connectivity index (χ3v) is 4.65. The minimum atomic E-state index is -0.409. The summed E-state index contributed by atoms with van der Waals surface area (Å²) >= 11 is 0. The van der Waals surface area contributed by atoms with Gasteiger partial charge in [0, 0.05) is 37.3 Å². The van der Waals surface area contributed by atoms with Gasteiger partial charge in [0.1, 0.15) is 5.60 Å². The maximum atomic E-state index is 12.0. The van der Waals surface area contributed by atoms with Crippen LogP contribution in [0.25, 0.3) is 0 Å². The first-order valence-electron chi connectivity index (χ1n) is 7.23. The summed E-state index contributed by atoms with van der Waals surface area (Å²) in [5.41, 5.74) is 6.24. The van der Waals surface area contributed by atoms with E-state index in [1.807, 2.05) is 25.7 Å². The van der Waals surface area contributed by atoms with Gasteiger partial charge >= 0.3 is 6.09 Å². The van der Waals surface area contributed by atoms with Crippen molar-refractivity contribution in [2.45, 2.75) is 56.7 Å². The van der Waals surface area contributed by atoms with E-state index in [-0.39, 0.29) is 11.6 Å². The standard InChI is InChI=1S/C14H25N3O2/c1-12(2,3)19-11(18)16-4-6-17(7-5-16)14-8-13(15,9-14)10-14/h4-10,15H2,1-3H3. The van der Waals surface area contributed by atoms with Crippen molar-refractivity contribution in [3.8, 4) is 0 Å². The third-order valence-electron chi connectivity index (χ3n) is 4.65. The fourth-order valence-electron chi connectivity index (χ4n) is 3.84. The summed E-state index contributed by atoms with van der Waals surface area (Å²) in [5, 5.41) is 0. The Morgan fingerprint density at radius 1 is 1.11 bits per heavy atom. The number of amides is 1. The second-order valence-corrected chi connectivity index (χ2v) is 7.57. The molecule has 3 saturated carbocycles. The van der Waals surface area contributed by atoms with E-state index in [9.17, 15) is 4.79 Å². The van der Waals surface area contributed by atoms with Crippen molar-refractivity contribution < 1.29 is 9.53 Å². The van der Waals surface area contributed by atoms with Crippen LogP contribution in [-0.2, 0) is 4.74 Å². The molecule has 1 heterocycles. The summed E-state index contributed by atoms with van der Waals surface area (Å²) in [4.78, 5) is 16.3. The van der Waals surface area contributed by atoms with Gasteiger partial charge in [-0.1, -0.05) is 0 Å². The summed E-state index contributed by atoms with van der Waals surface area (Å²) < 4.78 is 5.41. The van der Waals surface area contributed by atoms with E-state index in [2.05, 4.69) is 4.90 Å². The molecule has 0 radical (unpaired) electrons. The number of rotatable bonds is 1. The fraction of sp³-hybridized carbons (Fsp3) is 0.929. The lowest BCUT2D eigenvalue weighted by Crippen LogP contribution is -2.83. The Morgan fingerprint density at radius 2 is 1.63 bits per heavy atom. The lowest BCUT2D eigenvalue weighted by Gasteiger charge is -2.73. The highest BCUT2D eigenvalue weighted by Crippen LogP contribution is 2.62. The highest BCUT2D eigenvalue weighted by molar-refractivity contribution is 5.68. The molecule has 108 valence electrons. The summed E-state index contributed by atoms with van der Waals surface area (Å²) in [5.74, 6) is 0. The zero-order chi connectivity index (χ0) is 13.9. The summed E-state index contributed by atoms with van der Waals surface area (Å²) in [6.07, 6.45) is 3.26. The second kappa shape index (κ2) is 3.85. The quantitative estimate of drug-likeness (QED) is 0.775. The van der Waals surface area contributed by atoms with Crippen molar-refractivity contribution in [2.24, 2.45) is 5.73 Å². The van der Waals surface area contributed by atoms with Crippen LogP contribution in [0.4, 0.5) is 4.79 Å². The van der Waals surface area contributed by atoms with Gasteiger partial charge in [0.25, 0.3) is 0 Å². The first-order chi connectivity index (χ1) is 8.72. The Balaban J connectivity index is 1.49.